The molecule has 2 rings (SSSR count). The topological polar surface area (TPSA) is 78.9 Å². The molecule has 6 heteroatoms. The van der Waals surface area contributed by atoms with Crippen LogP contribution in [0.3, 0.4) is 0 Å². The Bertz CT molecular complexity index is 481. The molecule has 1 unspecified atom stereocenters. The average Bonchev–Trinajstić information content (AvgIpc) is 2.64. The molecule has 2 aromatic rings. The van der Waals surface area contributed by atoms with E-state index in [1.807, 2.05) is 18.4 Å². The van der Waals surface area contributed by atoms with Crippen molar-refractivity contribution in [3.8, 4) is 0 Å². The summed E-state index contributed by atoms with van der Waals surface area (Å²) in [4.78, 5) is 12.3. The highest BCUT2D eigenvalue weighted by Crippen LogP contribution is 2.14. The van der Waals surface area contributed by atoms with Gasteiger partial charge < -0.3 is 15.0 Å². The van der Waals surface area contributed by atoms with E-state index in [2.05, 4.69) is 15.0 Å². The van der Waals surface area contributed by atoms with E-state index in [4.69, 9.17) is 10.5 Å². The number of hydrogen-bond acceptors (Lipinski definition) is 5. The summed E-state index contributed by atoms with van der Waals surface area (Å²) < 4.78 is 7.40. The molecule has 2 aromatic heterocycles. The van der Waals surface area contributed by atoms with Crippen LogP contribution >= 0.6 is 0 Å². The zero-order valence-corrected chi connectivity index (χ0v) is 9.42. The number of nitrogen functional groups attached to an aromatic ring is 1. The first-order valence-electron chi connectivity index (χ1n) is 5.25. The van der Waals surface area contributed by atoms with Crippen molar-refractivity contribution in [2.45, 2.75) is 26.5 Å². The fourth-order valence-electron chi connectivity index (χ4n) is 1.65. The van der Waals surface area contributed by atoms with Gasteiger partial charge >= 0.3 is 0 Å². The van der Waals surface area contributed by atoms with Gasteiger partial charge in [0.2, 0.25) is 0 Å². The van der Waals surface area contributed by atoms with Crippen LogP contribution in [-0.2, 0) is 11.3 Å². The van der Waals surface area contributed by atoms with Crippen LogP contribution in [0.5, 0.6) is 0 Å². The lowest BCUT2D eigenvalue weighted by Crippen LogP contribution is -2.16. The summed E-state index contributed by atoms with van der Waals surface area (Å²) in [6, 6.07) is 0. The molecule has 6 nitrogen and oxygen atoms in total. The molecular formula is C10H15N5O. The van der Waals surface area contributed by atoms with Gasteiger partial charge in [0.25, 0.3) is 0 Å². The fourth-order valence-corrected chi connectivity index (χ4v) is 1.65. The Hall–Kier alpha value is -1.69. The van der Waals surface area contributed by atoms with Crippen molar-refractivity contribution in [2.75, 3.05) is 12.3 Å². The first kappa shape index (κ1) is 10.8. The van der Waals surface area contributed by atoms with Gasteiger partial charge in [0.05, 0.1) is 19.0 Å². The van der Waals surface area contributed by atoms with Gasteiger partial charge in [0, 0.05) is 6.61 Å². The molecule has 0 bridgehead atoms. The summed E-state index contributed by atoms with van der Waals surface area (Å²) in [5, 5.41) is 0. The number of nitrogens with zero attached hydrogens (tertiary/aromatic N) is 4. The Morgan fingerprint density at radius 2 is 2.25 bits per heavy atom. The van der Waals surface area contributed by atoms with Crippen molar-refractivity contribution in [1.82, 2.24) is 19.5 Å². The Kier molecular flexibility index (Phi) is 3.00. The summed E-state index contributed by atoms with van der Waals surface area (Å²) >= 11 is 0. The number of imidazole rings is 1. The fraction of sp³-hybridized carbons (Fsp3) is 0.500. The second-order valence-electron chi connectivity index (χ2n) is 3.59. The molecule has 16 heavy (non-hydrogen) atoms. The van der Waals surface area contributed by atoms with Gasteiger partial charge in [0.15, 0.2) is 11.5 Å². The molecule has 0 aliphatic heterocycles. The SMILES string of the molecule is CCOC(C)Cn1cnc2c(N)ncnc21. The number of rotatable bonds is 4. The number of hydrogen-bond donors (Lipinski definition) is 1. The van der Waals surface area contributed by atoms with E-state index in [0.717, 1.165) is 5.65 Å². The summed E-state index contributed by atoms with van der Waals surface area (Å²) in [5.74, 6) is 0.410. The van der Waals surface area contributed by atoms with E-state index < -0.39 is 0 Å². The van der Waals surface area contributed by atoms with E-state index in [1.54, 1.807) is 6.33 Å². The van der Waals surface area contributed by atoms with E-state index in [1.165, 1.54) is 6.33 Å². The minimum Gasteiger partial charge on any atom is -0.382 e. The van der Waals surface area contributed by atoms with Crippen LogP contribution in [0, 0.1) is 0 Å². The molecule has 2 N–H and O–H groups in total. The van der Waals surface area contributed by atoms with Crippen LogP contribution in [0.4, 0.5) is 5.82 Å². The molecule has 0 amide bonds. The first-order valence-corrected chi connectivity index (χ1v) is 5.25. The first-order chi connectivity index (χ1) is 7.72. The Labute approximate surface area is 93.5 Å². The highest BCUT2D eigenvalue weighted by molar-refractivity contribution is 5.81. The third kappa shape index (κ3) is 1.96. The molecule has 86 valence electrons. The van der Waals surface area contributed by atoms with Crippen LogP contribution in [0.1, 0.15) is 13.8 Å². The van der Waals surface area contributed by atoms with Crippen molar-refractivity contribution in [3.05, 3.63) is 12.7 Å². The predicted molar refractivity (Wildman–Crippen MR) is 60.8 cm³/mol. The highest BCUT2D eigenvalue weighted by Gasteiger charge is 2.10. The Morgan fingerprint density at radius 3 is 3.00 bits per heavy atom. The molecule has 0 saturated heterocycles. The summed E-state index contributed by atoms with van der Waals surface area (Å²) in [6.45, 7) is 5.40. The molecule has 0 saturated carbocycles. The van der Waals surface area contributed by atoms with Gasteiger partial charge in [-0.1, -0.05) is 0 Å². The predicted octanol–water partition coefficient (Wildman–Crippen LogP) is 0.833. The second-order valence-corrected chi connectivity index (χ2v) is 3.59. The number of ether oxygens (including phenoxy) is 1. The number of aromatic nitrogens is 4. The van der Waals surface area contributed by atoms with Crippen LogP contribution in [0.2, 0.25) is 0 Å². The molecule has 0 spiro atoms. The number of anilines is 1. The zero-order chi connectivity index (χ0) is 11.5. The lowest BCUT2D eigenvalue weighted by molar-refractivity contribution is 0.0647. The van der Waals surface area contributed by atoms with Crippen molar-refractivity contribution >= 4 is 17.0 Å². The number of fused-ring (bicyclic) bond motifs is 1. The minimum atomic E-state index is 0.124. The third-order valence-electron chi connectivity index (χ3n) is 2.33. The normalized spacial score (nSPS) is 13.1. The summed E-state index contributed by atoms with van der Waals surface area (Å²) in [6.07, 6.45) is 3.28. The maximum absolute atomic E-state index is 5.70. The summed E-state index contributed by atoms with van der Waals surface area (Å²) in [5.41, 5.74) is 7.09. The van der Waals surface area contributed by atoms with Crippen LogP contribution in [0.15, 0.2) is 12.7 Å². The molecule has 0 radical (unpaired) electrons. The van der Waals surface area contributed by atoms with E-state index in [9.17, 15) is 0 Å². The van der Waals surface area contributed by atoms with Crippen molar-refractivity contribution in [3.63, 3.8) is 0 Å². The quantitative estimate of drug-likeness (QED) is 0.827. The van der Waals surface area contributed by atoms with Crippen LogP contribution in [0.25, 0.3) is 11.2 Å². The second kappa shape index (κ2) is 4.44. The molecule has 2 heterocycles. The van der Waals surface area contributed by atoms with Crippen LogP contribution < -0.4 is 5.73 Å². The Morgan fingerprint density at radius 1 is 1.44 bits per heavy atom. The van der Waals surface area contributed by atoms with E-state index in [-0.39, 0.29) is 6.10 Å². The molecular weight excluding hydrogens is 206 g/mol. The van der Waals surface area contributed by atoms with Gasteiger partial charge in [-0.25, -0.2) is 15.0 Å². The van der Waals surface area contributed by atoms with E-state index in [0.29, 0.717) is 24.5 Å². The summed E-state index contributed by atoms with van der Waals surface area (Å²) in [7, 11) is 0. The van der Waals surface area contributed by atoms with Gasteiger partial charge in [-0.15, -0.1) is 0 Å². The van der Waals surface area contributed by atoms with Crippen LogP contribution in [-0.4, -0.2) is 32.2 Å². The van der Waals surface area contributed by atoms with Crippen molar-refractivity contribution < 1.29 is 4.74 Å². The van der Waals surface area contributed by atoms with E-state index >= 15 is 0 Å². The van der Waals surface area contributed by atoms with Gasteiger partial charge in [0.1, 0.15) is 11.8 Å². The standard InChI is InChI=1S/C10H15N5O/c1-3-16-7(2)4-15-6-14-8-9(11)12-5-13-10(8)15/h5-7H,3-4H2,1-2H3,(H2,11,12,13). The minimum absolute atomic E-state index is 0.124. The maximum atomic E-state index is 5.70. The third-order valence-corrected chi connectivity index (χ3v) is 2.33. The smallest absolute Gasteiger partial charge is 0.165 e. The van der Waals surface area contributed by atoms with Gasteiger partial charge in [-0.2, -0.15) is 0 Å². The highest BCUT2D eigenvalue weighted by atomic mass is 16.5. The lowest BCUT2D eigenvalue weighted by atomic mass is 10.4. The van der Waals surface area contributed by atoms with Gasteiger partial charge in [-0.05, 0) is 13.8 Å². The molecule has 0 aromatic carbocycles. The maximum Gasteiger partial charge on any atom is 0.165 e. The largest absolute Gasteiger partial charge is 0.382 e. The lowest BCUT2D eigenvalue weighted by Gasteiger charge is -2.12. The van der Waals surface area contributed by atoms with Crippen molar-refractivity contribution in [2.24, 2.45) is 0 Å². The molecule has 0 fully saturated rings. The Balaban J connectivity index is 2.28. The monoisotopic (exact) mass is 221 g/mol. The zero-order valence-electron chi connectivity index (χ0n) is 9.42. The van der Waals surface area contributed by atoms with Gasteiger partial charge in [-0.3, -0.25) is 0 Å². The van der Waals surface area contributed by atoms with Crippen molar-refractivity contribution in [1.29, 1.82) is 0 Å². The molecule has 1 atom stereocenters. The molecule has 0 aliphatic rings. The molecule has 0 aliphatic carbocycles. The number of nitrogens with two attached hydrogens (primary N) is 1. The average molecular weight is 221 g/mol.